The van der Waals surface area contributed by atoms with Gasteiger partial charge in [-0.15, -0.1) is 0 Å². The summed E-state index contributed by atoms with van der Waals surface area (Å²) >= 11 is 0. The molecule has 1 saturated carbocycles. The highest BCUT2D eigenvalue weighted by Gasteiger charge is 2.33. The number of carbonyl (C=O) groups is 3. The van der Waals surface area contributed by atoms with Crippen LogP contribution in [0.2, 0.25) is 0 Å². The number of nitrogens with one attached hydrogen (secondary N) is 3. The van der Waals surface area contributed by atoms with Gasteiger partial charge in [0.25, 0.3) is 5.91 Å². The van der Waals surface area contributed by atoms with Crippen molar-refractivity contribution in [3.8, 4) is 0 Å². The van der Waals surface area contributed by atoms with Crippen molar-refractivity contribution in [2.24, 2.45) is 0 Å². The smallest absolute Gasteiger partial charge is 0.251 e. The lowest BCUT2D eigenvalue weighted by molar-refractivity contribution is -0.137. The number of carbonyl (C=O) groups excluding carboxylic acids is 3. The van der Waals surface area contributed by atoms with E-state index in [-0.39, 0.29) is 34.9 Å². The number of likely N-dealkylation sites (N-methyl/N-ethyl adjacent to an activating group) is 1. The highest BCUT2D eigenvalue weighted by atomic mass is 32.2. The molecule has 3 rings (SSSR count). The van der Waals surface area contributed by atoms with Gasteiger partial charge in [-0.05, 0) is 43.9 Å². The van der Waals surface area contributed by atoms with Crippen LogP contribution in [0.3, 0.4) is 0 Å². The van der Waals surface area contributed by atoms with Crippen LogP contribution in [0.5, 0.6) is 0 Å². The molecule has 9 nitrogen and oxygen atoms in total. The zero-order chi connectivity index (χ0) is 21.7. The first kappa shape index (κ1) is 22.2. The molecule has 1 aliphatic carbocycles. The minimum absolute atomic E-state index is 0.0209. The summed E-state index contributed by atoms with van der Waals surface area (Å²) in [7, 11) is -2.19. The average Bonchev–Trinajstić information content (AvgIpc) is 3.43. The molecular weight excluding hydrogens is 408 g/mol. The number of hydrogen-bond donors (Lipinski definition) is 3. The van der Waals surface area contributed by atoms with E-state index in [9.17, 15) is 22.8 Å². The summed E-state index contributed by atoms with van der Waals surface area (Å²) in [6.07, 6.45) is 4.95. The summed E-state index contributed by atoms with van der Waals surface area (Å²) < 4.78 is 27.9. The third kappa shape index (κ3) is 5.17. The number of hydrogen-bond acceptors (Lipinski definition) is 5. The van der Waals surface area contributed by atoms with E-state index in [4.69, 9.17) is 0 Å². The number of likely N-dealkylation sites (tertiary alicyclic amines) is 1. The van der Waals surface area contributed by atoms with Crippen molar-refractivity contribution in [2.75, 3.05) is 20.1 Å². The van der Waals surface area contributed by atoms with E-state index >= 15 is 0 Å². The largest absolute Gasteiger partial charge is 0.357 e. The first-order valence-corrected chi connectivity index (χ1v) is 11.7. The topological polar surface area (TPSA) is 125 Å². The molecule has 1 aromatic rings. The van der Waals surface area contributed by atoms with Gasteiger partial charge in [-0.3, -0.25) is 14.4 Å². The maximum atomic E-state index is 12.6. The summed E-state index contributed by atoms with van der Waals surface area (Å²) in [4.78, 5) is 38.3. The molecule has 10 heteroatoms. The molecule has 2 fully saturated rings. The highest BCUT2D eigenvalue weighted by Crippen LogP contribution is 2.21. The molecule has 0 spiro atoms. The molecule has 1 atom stereocenters. The average molecular weight is 437 g/mol. The number of amides is 3. The Bertz CT molecular complexity index is 912. The summed E-state index contributed by atoms with van der Waals surface area (Å²) in [6.45, 7) is 0.205. The maximum absolute atomic E-state index is 12.6. The number of nitrogens with zero attached hydrogens (tertiary/aromatic N) is 1. The molecular formula is C20H28N4O5S. The number of sulfonamides is 1. The fourth-order valence-electron chi connectivity index (χ4n) is 4.00. The lowest BCUT2D eigenvalue weighted by Crippen LogP contribution is -2.48. The molecule has 1 aromatic carbocycles. The van der Waals surface area contributed by atoms with Crippen LogP contribution < -0.4 is 15.4 Å². The number of benzene rings is 1. The van der Waals surface area contributed by atoms with Gasteiger partial charge in [-0.25, -0.2) is 13.1 Å². The molecule has 3 N–H and O–H groups in total. The van der Waals surface area contributed by atoms with Crippen LogP contribution in [0.15, 0.2) is 29.2 Å². The molecule has 1 aliphatic heterocycles. The van der Waals surface area contributed by atoms with E-state index < -0.39 is 22.0 Å². The Hall–Kier alpha value is -2.46. The molecule has 0 bridgehead atoms. The van der Waals surface area contributed by atoms with E-state index in [0.717, 1.165) is 32.1 Å². The van der Waals surface area contributed by atoms with Crippen LogP contribution in [-0.4, -0.2) is 63.3 Å². The van der Waals surface area contributed by atoms with Crippen molar-refractivity contribution in [3.05, 3.63) is 29.8 Å². The normalized spacial score (nSPS) is 19.6. The van der Waals surface area contributed by atoms with E-state index in [1.807, 2.05) is 0 Å². The van der Waals surface area contributed by atoms with Gasteiger partial charge in [0.15, 0.2) is 0 Å². The minimum Gasteiger partial charge on any atom is -0.357 e. The quantitative estimate of drug-likeness (QED) is 0.570. The van der Waals surface area contributed by atoms with Crippen molar-refractivity contribution < 1.29 is 22.8 Å². The molecule has 2 aliphatic rings. The van der Waals surface area contributed by atoms with Gasteiger partial charge in [0, 0.05) is 25.2 Å². The second kappa shape index (κ2) is 9.57. The van der Waals surface area contributed by atoms with Gasteiger partial charge in [0.2, 0.25) is 21.8 Å². The third-order valence-electron chi connectivity index (χ3n) is 5.61. The van der Waals surface area contributed by atoms with Crippen LogP contribution in [0, 0.1) is 0 Å². The minimum atomic E-state index is -3.71. The van der Waals surface area contributed by atoms with Gasteiger partial charge in [-0.2, -0.15) is 0 Å². The van der Waals surface area contributed by atoms with Crippen LogP contribution in [0.4, 0.5) is 0 Å². The molecule has 164 valence electrons. The zero-order valence-electron chi connectivity index (χ0n) is 17.0. The van der Waals surface area contributed by atoms with E-state index in [1.54, 1.807) is 0 Å². The van der Waals surface area contributed by atoms with Crippen LogP contribution in [0.1, 0.15) is 48.9 Å². The van der Waals surface area contributed by atoms with Crippen LogP contribution in [0.25, 0.3) is 0 Å². The van der Waals surface area contributed by atoms with E-state index in [2.05, 4.69) is 15.4 Å². The van der Waals surface area contributed by atoms with Crippen LogP contribution >= 0.6 is 0 Å². The fourth-order valence-corrected chi connectivity index (χ4v) is 5.35. The highest BCUT2D eigenvalue weighted by molar-refractivity contribution is 7.89. The predicted molar refractivity (Wildman–Crippen MR) is 110 cm³/mol. The van der Waals surface area contributed by atoms with Crippen LogP contribution in [-0.2, 0) is 19.6 Å². The lowest BCUT2D eigenvalue weighted by Gasteiger charge is -2.23. The Balaban J connectivity index is 1.61. The zero-order valence-corrected chi connectivity index (χ0v) is 17.8. The van der Waals surface area contributed by atoms with Gasteiger partial charge in [0.1, 0.15) is 6.04 Å². The first-order valence-electron chi connectivity index (χ1n) is 10.2. The Morgan fingerprint density at radius 1 is 1.10 bits per heavy atom. The Morgan fingerprint density at radius 3 is 2.53 bits per heavy atom. The number of rotatable bonds is 7. The second-order valence-corrected chi connectivity index (χ2v) is 9.39. The Labute approximate surface area is 176 Å². The summed E-state index contributed by atoms with van der Waals surface area (Å²) in [5, 5.41) is 5.07. The monoisotopic (exact) mass is 436 g/mol. The summed E-state index contributed by atoms with van der Waals surface area (Å²) in [5.74, 6) is -1.11. The van der Waals surface area contributed by atoms with Crippen molar-refractivity contribution >= 4 is 27.7 Å². The van der Waals surface area contributed by atoms with Gasteiger partial charge in [-0.1, -0.05) is 18.9 Å². The molecule has 1 heterocycles. The predicted octanol–water partition coefficient (Wildman–Crippen LogP) is 0.374. The lowest BCUT2D eigenvalue weighted by atomic mass is 10.2. The van der Waals surface area contributed by atoms with Gasteiger partial charge >= 0.3 is 0 Å². The molecule has 3 amide bonds. The first-order chi connectivity index (χ1) is 14.3. The Morgan fingerprint density at radius 2 is 1.83 bits per heavy atom. The molecule has 1 saturated heterocycles. The third-order valence-corrected chi connectivity index (χ3v) is 7.12. The van der Waals surface area contributed by atoms with Crippen molar-refractivity contribution in [2.45, 2.75) is 55.5 Å². The van der Waals surface area contributed by atoms with Gasteiger partial charge in [0.05, 0.1) is 11.4 Å². The summed E-state index contributed by atoms with van der Waals surface area (Å²) in [6, 6.07) is 5.16. The van der Waals surface area contributed by atoms with E-state index in [1.165, 1.54) is 36.2 Å². The van der Waals surface area contributed by atoms with Gasteiger partial charge < -0.3 is 15.5 Å². The SMILES string of the molecule is CNC(=O)C1CCCN1C(=O)CNC(=O)c1cccc(S(=O)(=O)NC2CCCC2)c1. The summed E-state index contributed by atoms with van der Waals surface area (Å²) in [5.41, 5.74) is 0.154. The molecule has 0 aromatic heterocycles. The van der Waals surface area contributed by atoms with Crippen molar-refractivity contribution in [3.63, 3.8) is 0 Å². The maximum Gasteiger partial charge on any atom is 0.251 e. The Kier molecular flexibility index (Phi) is 7.09. The molecule has 30 heavy (non-hydrogen) atoms. The van der Waals surface area contributed by atoms with E-state index in [0.29, 0.717) is 13.0 Å². The standard InChI is InChI=1S/C20H28N4O5S/c1-21-20(27)17-10-5-11-24(17)18(25)13-22-19(26)14-6-4-9-16(12-14)30(28,29)23-15-7-2-3-8-15/h4,6,9,12,15,17,23H,2-3,5,7-8,10-11,13H2,1H3,(H,21,27)(H,22,26). The second-order valence-electron chi connectivity index (χ2n) is 7.67. The fraction of sp³-hybridized carbons (Fsp3) is 0.550. The molecule has 0 radical (unpaired) electrons. The van der Waals surface area contributed by atoms with Crippen molar-refractivity contribution in [1.82, 2.24) is 20.3 Å². The molecule has 1 unspecified atom stereocenters. The van der Waals surface area contributed by atoms with Crippen molar-refractivity contribution in [1.29, 1.82) is 0 Å².